The number of furan rings is 2. The molecular weight excluding hydrogens is 637 g/mol. The lowest BCUT2D eigenvalue weighted by atomic mass is 10.0. The van der Waals surface area contributed by atoms with Gasteiger partial charge in [-0.1, -0.05) is 109 Å². The molecule has 2 heterocycles. The lowest BCUT2D eigenvalue weighted by molar-refractivity contribution is 0.667. The van der Waals surface area contributed by atoms with Gasteiger partial charge >= 0.3 is 0 Å². The number of nitrogens with zero attached hydrogens (tertiary/aromatic N) is 2. The van der Waals surface area contributed by atoms with Crippen molar-refractivity contribution in [2.45, 2.75) is 0 Å². The minimum Gasteiger partial charge on any atom is -0.456 e. The summed E-state index contributed by atoms with van der Waals surface area (Å²) in [4.78, 5) is 4.55. The molecular formula is C48H32N2O2. The molecule has 0 saturated heterocycles. The van der Waals surface area contributed by atoms with Crippen LogP contribution in [0.4, 0.5) is 34.1 Å². The van der Waals surface area contributed by atoms with Crippen molar-refractivity contribution in [1.29, 1.82) is 0 Å². The van der Waals surface area contributed by atoms with E-state index < -0.39 is 0 Å². The molecule has 0 unspecified atom stereocenters. The molecule has 4 nitrogen and oxygen atoms in total. The smallest absolute Gasteiger partial charge is 0.159 e. The highest BCUT2D eigenvalue weighted by Gasteiger charge is 2.22. The maximum atomic E-state index is 6.80. The summed E-state index contributed by atoms with van der Waals surface area (Å²) in [5.41, 5.74) is 11.9. The fourth-order valence-corrected chi connectivity index (χ4v) is 7.40. The third kappa shape index (κ3) is 5.09. The van der Waals surface area contributed by atoms with Gasteiger partial charge in [-0.15, -0.1) is 0 Å². The molecule has 0 spiro atoms. The van der Waals surface area contributed by atoms with E-state index in [4.69, 9.17) is 8.83 Å². The van der Waals surface area contributed by atoms with Crippen LogP contribution in [-0.2, 0) is 0 Å². The zero-order valence-corrected chi connectivity index (χ0v) is 28.2. The highest BCUT2D eigenvalue weighted by Crippen LogP contribution is 2.45. The summed E-state index contributed by atoms with van der Waals surface area (Å²) in [7, 11) is 0. The molecule has 0 aliphatic carbocycles. The van der Waals surface area contributed by atoms with E-state index in [2.05, 4.69) is 174 Å². The molecule has 4 heteroatoms. The van der Waals surface area contributed by atoms with Crippen LogP contribution < -0.4 is 9.80 Å². The molecule has 0 amide bonds. The Morgan fingerprint density at radius 1 is 0.288 bits per heavy atom. The Morgan fingerprint density at radius 2 is 0.827 bits per heavy atom. The van der Waals surface area contributed by atoms with Crippen molar-refractivity contribution in [2.24, 2.45) is 0 Å². The first-order valence-electron chi connectivity index (χ1n) is 17.5. The van der Waals surface area contributed by atoms with Crippen molar-refractivity contribution >= 4 is 78.0 Å². The predicted octanol–water partition coefficient (Wildman–Crippen LogP) is 14.1. The topological polar surface area (TPSA) is 32.8 Å². The molecule has 246 valence electrons. The van der Waals surface area contributed by atoms with Gasteiger partial charge in [0.2, 0.25) is 0 Å². The standard InChI is InChI=1S/C48H32N2O2/c1-4-13-33(14-5-1)34-23-25-37(26-24-34)50(39-27-29-41-40-19-10-11-22-45(40)51-47(41)32-39)44-21-12-20-42-43-31-38(28-30-46(43)52-48(42)44)49(35-15-6-2-7-16-35)36-17-8-3-9-18-36/h1-32H. The van der Waals surface area contributed by atoms with Crippen LogP contribution in [0, 0.1) is 0 Å². The molecule has 0 aliphatic rings. The first-order valence-corrected chi connectivity index (χ1v) is 17.5. The van der Waals surface area contributed by atoms with Crippen LogP contribution in [0.3, 0.4) is 0 Å². The molecule has 0 saturated carbocycles. The minimum absolute atomic E-state index is 0.817. The molecule has 0 bridgehead atoms. The number of rotatable bonds is 7. The Morgan fingerprint density at radius 3 is 1.58 bits per heavy atom. The highest BCUT2D eigenvalue weighted by atomic mass is 16.3. The molecule has 0 atom stereocenters. The average molecular weight is 669 g/mol. The van der Waals surface area contributed by atoms with Gasteiger partial charge in [-0.2, -0.15) is 0 Å². The van der Waals surface area contributed by atoms with Crippen molar-refractivity contribution in [3.63, 3.8) is 0 Å². The first-order chi connectivity index (χ1) is 25.8. The van der Waals surface area contributed by atoms with Crippen molar-refractivity contribution in [1.82, 2.24) is 0 Å². The maximum absolute atomic E-state index is 6.80. The quantitative estimate of drug-likeness (QED) is 0.169. The molecule has 0 fully saturated rings. The number of fused-ring (bicyclic) bond motifs is 6. The van der Waals surface area contributed by atoms with Crippen LogP contribution in [0.15, 0.2) is 203 Å². The van der Waals surface area contributed by atoms with Crippen LogP contribution >= 0.6 is 0 Å². The second kappa shape index (κ2) is 12.4. The van der Waals surface area contributed by atoms with E-state index in [0.717, 1.165) is 83.6 Å². The van der Waals surface area contributed by atoms with Gasteiger partial charge in [0.15, 0.2) is 5.58 Å². The second-order valence-electron chi connectivity index (χ2n) is 13.0. The van der Waals surface area contributed by atoms with Crippen LogP contribution in [0.25, 0.3) is 55.0 Å². The van der Waals surface area contributed by atoms with Gasteiger partial charge < -0.3 is 18.6 Å². The van der Waals surface area contributed by atoms with E-state index in [0.29, 0.717) is 0 Å². The SMILES string of the molecule is c1ccc(-c2ccc(N(c3ccc4c(c3)oc3ccccc34)c3cccc4c3oc3ccc(N(c5ccccc5)c5ccccc5)cc34)cc2)cc1. The van der Waals surface area contributed by atoms with Gasteiger partial charge in [0.05, 0.1) is 11.4 Å². The first kappa shape index (κ1) is 29.8. The predicted molar refractivity (Wildman–Crippen MR) is 216 cm³/mol. The van der Waals surface area contributed by atoms with Gasteiger partial charge in [0, 0.05) is 50.4 Å². The monoisotopic (exact) mass is 668 g/mol. The van der Waals surface area contributed by atoms with Crippen LogP contribution in [0.5, 0.6) is 0 Å². The third-order valence-corrected chi connectivity index (χ3v) is 9.84. The summed E-state index contributed by atoms with van der Waals surface area (Å²) >= 11 is 0. The average Bonchev–Trinajstić information content (AvgIpc) is 3.78. The third-order valence-electron chi connectivity index (χ3n) is 9.84. The van der Waals surface area contributed by atoms with Crippen molar-refractivity contribution in [3.05, 3.63) is 194 Å². The summed E-state index contributed by atoms with van der Waals surface area (Å²) < 4.78 is 13.2. The van der Waals surface area contributed by atoms with E-state index >= 15 is 0 Å². The normalized spacial score (nSPS) is 11.5. The van der Waals surface area contributed by atoms with E-state index in [-0.39, 0.29) is 0 Å². The maximum Gasteiger partial charge on any atom is 0.159 e. The number of benzene rings is 8. The van der Waals surface area contributed by atoms with Crippen LogP contribution in [0.2, 0.25) is 0 Å². The summed E-state index contributed by atoms with van der Waals surface area (Å²) in [5.74, 6) is 0. The van der Waals surface area contributed by atoms with Gasteiger partial charge in [-0.3, -0.25) is 0 Å². The van der Waals surface area contributed by atoms with Crippen molar-refractivity contribution in [2.75, 3.05) is 9.80 Å². The molecule has 8 aromatic carbocycles. The van der Waals surface area contributed by atoms with Gasteiger partial charge in [-0.25, -0.2) is 0 Å². The number of hydrogen-bond donors (Lipinski definition) is 0. The van der Waals surface area contributed by atoms with E-state index in [1.807, 2.05) is 30.3 Å². The van der Waals surface area contributed by atoms with Gasteiger partial charge in [0.1, 0.15) is 16.7 Å². The van der Waals surface area contributed by atoms with Crippen LogP contribution in [0.1, 0.15) is 0 Å². The lowest BCUT2D eigenvalue weighted by Crippen LogP contribution is -2.10. The zero-order chi connectivity index (χ0) is 34.4. The van der Waals surface area contributed by atoms with E-state index in [1.54, 1.807) is 0 Å². The van der Waals surface area contributed by atoms with Crippen molar-refractivity contribution < 1.29 is 8.83 Å². The Labute approximate surface area is 301 Å². The van der Waals surface area contributed by atoms with Crippen LogP contribution in [-0.4, -0.2) is 0 Å². The molecule has 10 aromatic rings. The summed E-state index contributed by atoms with van der Waals surface area (Å²) in [5, 5.41) is 4.30. The number of hydrogen-bond acceptors (Lipinski definition) is 4. The molecule has 0 aliphatic heterocycles. The fourth-order valence-electron chi connectivity index (χ4n) is 7.40. The Bertz CT molecular complexity index is 2800. The summed E-state index contributed by atoms with van der Waals surface area (Å²) in [6, 6.07) is 67.7. The Balaban J connectivity index is 1.15. The molecule has 0 N–H and O–H groups in total. The second-order valence-corrected chi connectivity index (χ2v) is 13.0. The Hall–Kier alpha value is -7.04. The van der Waals surface area contributed by atoms with Gasteiger partial charge in [-0.05, 0) is 90.0 Å². The molecule has 52 heavy (non-hydrogen) atoms. The zero-order valence-electron chi connectivity index (χ0n) is 28.2. The fraction of sp³-hybridized carbons (Fsp3) is 0. The van der Waals surface area contributed by atoms with Crippen molar-refractivity contribution in [3.8, 4) is 11.1 Å². The lowest BCUT2D eigenvalue weighted by Gasteiger charge is -2.25. The molecule has 0 radical (unpaired) electrons. The van der Waals surface area contributed by atoms with E-state index in [1.165, 1.54) is 5.56 Å². The molecule has 2 aromatic heterocycles. The minimum atomic E-state index is 0.817. The number of para-hydroxylation sites is 4. The number of anilines is 6. The summed E-state index contributed by atoms with van der Waals surface area (Å²) in [6.07, 6.45) is 0. The van der Waals surface area contributed by atoms with E-state index in [9.17, 15) is 0 Å². The Kier molecular flexibility index (Phi) is 7.10. The summed E-state index contributed by atoms with van der Waals surface area (Å²) in [6.45, 7) is 0. The van der Waals surface area contributed by atoms with Gasteiger partial charge in [0.25, 0.3) is 0 Å². The largest absolute Gasteiger partial charge is 0.456 e. The molecule has 10 rings (SSSR count). The highest BCUT2D eigenvalue weighted by molar-refractivity contribution is 6.12.